The number of amides is 3. The lowest BCUT2D eigenvalue weighted by Crippen LogP contribution is -2.33. The van der Waals surface area contributed by atoms with Crippen LogP contribution in [0.25, 0.3) is 5.57 Å². The number of anilines is 2. The maximum absolute atomic E-state index is 13.0. The molecule has 1 aliphatic heterocycles. The van der Waals surface area contributed by atoms with Gasteiger partial charge in [-0.2, -0.15) is 0 Å². The summed E-state index contributed by atoms with van der Waals surface area (Å²) < 4.78 is 5.45. The number of nitrogens with zero attached hydrogens (tertiary/aromatic N) is 1. The summed E-state index contributed by atoms with van der Waals surface area (Å²) in [5.41, 5.74) is 2.46. The van der Waals surface area contributed by atoms with Crippen molar-refractivity contribution in [1.29, 1.82) is 0 Å². The van der Waals surface area contributed by atoms with Crippen molar-refractivity contribution in [3.63, 3.8) is 0 Å². The van der Waals surface area contributed by atoms with Crippen molar-refractivity contribution >= 4 is 34.7 Å². The maximum atomic E-state index is 13.0. The van der Waals surface area contributed by atoms with Gasteiger partial charge in [0.1, 0.15) is 11.4 Å². The van der Waals surface area contributed by atoms with E-state index < -0.39 is 0 Å². The molecule has 2 N–H and O–H groups in total. The summed E-state index contributed by atoms with van der Waals surface area (Å²) in [5.74, 6) is -0.132. The van der Waals surface area contributed by atoms with Crippen LogP contribution in [0.2, 0.25) is 0 Å². The SMILES string of the molecule is CCCN1C(=O)C(Nc2ccc(OCC)cc2)=C(c2ccc(NC(C)=O)cc2)C1=O. The van der Waals surface area contributed by atoms with Gasteiger partial charge >= 0.3 is 0 Å². The second kappa shape index (κ2) is 9.26. The Labute approximate surface area is 175 Å². The van der Waals surface area contributed by atoms with Gasteiger partial charge in [0.15, 0.2) is 0 Å². The molecule has 1 heterocycles. The van der Waals surface area contributed by atoms with Crippen LogP contribution < -0.4 is 15.4 Å². The van der Waals surface area contributed by atoms with Crippen LogP contribution in [0.4, 0.5) is 11.4 Å². The number of benzene rings is 2. The zero-order chi connectivity index (χ0) is 21.7. The van der Waals surface area contributed by atoms with Crippen LogP contribution in [0, 0.1) is 0 Å². The van der Waals surface area contributed by atoms with Gasteiger partial charge in [0.25, 0.3) is 11.8 Å². The first kappa shape index (κ1) is 21.1. The minimum atomic E-state index is -0.350. The van der Waals surface area contributed by atoms with Crippen LogP contribution in [-0.4, -0.2) is 35.8 Å². The molecule has 0 atom stereocenters. The molecule has 1 aliphatic rings. The Balaban J connectivity index is 1.96. The van der Waals surface area contributed by atoms with Crippen molar-refractivity contribution in [3.8, 4) is 5.75 Å². The van der Waals surface area contributed by atoms with Crippen LogP contribution in [-0.2, 0) is 14.4 Å². The predicted octanol–water partition coefficient (Wildman–Crippen LogP) is 3.65. The lowest BCUT2D eigenvalue weighted by atomic mass is 10.0. The average Bonchev–Trinajstić information content (AvgIpc) is 2.94. The largest absolute Gasteiger partial charge is 0.494 e. The Bertz CT molecular complexity index is 979. The molecule has 7 nitrogen and oxygen atoms in total. The first-order valence-electron chi connectivity index (χ1n) is 9.93. The summed E-state index contributed by atoms with van der Waals surface area (Å²) in [5, 5.41) is 5.81. The fourth-order valence-corrected chi connectivity index (χ4v) is 3.26. The highest BCUT2D eigenvalue weighted by molar-refractivity contribution is 6.36. The van der Waals surface area contributed by atoms with E-state index in [0.29, 0.717) is 42.1 Å². The van der Waals surface area contributed by atoms with Crippen LogP contribution in [0.3, 0.4) is 0 Å². The summed E-state index contributed by atoms with van der Waals surface area (Å²) in [4.78, 5) is 38.5. The molecular weight excluding hydrogens is 382 g/mol. The molecule has 3 amide bonds. The number of carbonyl (C=O) groups is 3. The Kier molecular flexibility index (Phi) is 6.51. The summed E-state index contributed by atoms with van der Waals surface area (Å²) in [6.07, 6.45) is 0.669. The minimum Gasteiger partial charge on any atom is -0.494 e. The standard InChI is InChI=1S/C23H25N3O4/c1-4-14-26-22(28)20(16-6-8-17(9-7-16)24-15(3)27)21(23(26)29)25-18-10-12-19(13-11-18)30-5-2/h6-13,25H,4-5,14H2,1-3H3,(H,24,27). The predicted molar refractivity (Wildman–Crippen MR) is 116 cm³/mol. The summed E-state index contributed by atoms with van der Waals surface area (Å²) in [6, 6.07) is 14.1. The van der Waals surface area contributed by atoms with Gasteiger partial charge in [-0.25, -0.2) is 0 Å². The van der Waals surface area contributed by atoms with Gasteiger partial charge in [-0.1, -0.05) is 19.1 Å². The topological polar surface area (TPSA) is 87.7 Å². The lowest BCUT2D eigenvalue weighted by molar-refractivity contribution is -0.136. The van der Waals surface area contributed by atoms with E-state index in [1.807, 2.05) is 13.8 Å². The smallest absolute Gasteiger partial charge is 0.278 e. The third-order valence-electron chi connectivity index (χ3n) is 4.54. The number of rotatable bonds is 8. The fourth-order valence-electron chi connectivity index (χ4n) is 3.26. The van der Waals surface area contributed by atoms with Crippen molar-refractivity contribution in [1.82, 2.24) is 4.90 Å². The van der Waals surface area contributed by atoms with Gasteiger partial charge < -0.3 is 15.4 Å². The Morgan fingerprint density at radius 1 is 0.933 bits per heavy atom. The van der Waals surface area contributed by atoms with Gasteiger partial charge in [-0.3, -0.25) is 19.3 Å². The number of nitrogens with one attached hydrogen (secondary N) is 2. The van der Waals surface area contributed by atoms with Crippen molar-refractivity contribution < 1.29 is 19.1 Å². The highest BCUT2D eigenvalue weighted by Crippen LogP contribution is 2.31. The van der Waals surface area contributed by atoms with Gasteiger partial charge in [-0.15, -0.1) is 0 Å². The summed E-state index contributed by atoms with van der Waals surface area (Å²) in [7, 11) is 0. The molecule has 156 valence electrons. The molecule has 0 radical (unpaired) electrons. The monoisotopic (exact) mass is 407 g/mol. The molecule has 30 heavy (non-hydrogen) atoms. The Morgan fingerprint density at radius 3 is 2.13 bits per heavy atom. The average molecular weight is 407 g/mol. The van der Waals surface area contributed by atoms with Crippen molar-refractivity contribution in [2.75, 3.05) is 23.8 Å². The quantitative estimate of drug-likeness (QED) is 0.652. The van der Waals surface area contributed by atoms with E-state index in [0.717, 1.165) is 5.75 Å². The molecule has 0 unspecified atom stereocenters. The number of hydrogen-bond donors (Lipinski definition) is 2. The van der Waals surface area contributed by atoms with Gasteiger partial charge in [0, 0.05) is 24.8 Å². The molecule has 0 aliphatic carbocycles. The number of imide groups is 1. The molecule has 0 aromatic heterocycles. The van der Waals surface area contributed by atoms with E-state index in [9.17, 15) is 14.4 Å². The minimum absolute atomic E-state index is 0.180. The summed E-state index contributed by atoms with van der Waals surface area (Å²) in [6.45, 7) is 6.16. The van der Waals surface area contributed by atoms with Gasteiger partial charge in [0.2, 0.25) is 5.91 Å². The third-order valence-corrected chi connectivity index (χ3v) is 4.54. The van der Waals surface area contributed by atoms with E-state index in [1.165, 1.54) is 11.8 Å². The number of ether oxygens (including phenoxy) is 1. The highest BCUT2D eigenvalue weighted by atomic mass is 16.5. The van der Waals surface area contributed by atoms with E-state index >= 15 is 0 Å². The lowest BCUT2D eigenvalue weighted by Gasteiger charge is -2.14. The van der Waals surface area contributed by atoms with E-state index in [-0.39, 0.29) is 23.4 Å². The van der Waals surface area contributed by atoms with Crippen molar-refractivity contribution in [2.45, 2.75) is 27.2 Å². The van der Waals surface area contributed by atoms with E-state index in [4.69, 9.17) is 4.74 Å². The maximum Gasteiger partial charge on any atom is 0.278 e. The van der Waals surface area contributed by atoms with Crippen LogP contribution in [0.5, 0.6) is 5.75 Å². The zero-order valence-electron chi connectivity index (χ0n) is 17.3. The second-order valence-corrected chi connectivity index (χ2v) is 6.85. The highest BCUT2D eigenvalue weighted by Gasteiger charge is 2.38. The Hall–Kier alpha value is -3.61. The molecule has 7 heteroatoms. The van der Waals surface area contributed by atoms with E-state index in [1.54, 1.807) is 48.5 Å². The van der Waals surface area contributed by atoms with Crippen molar-refractivity contribution in [2.24, 2.45) is 0 Å². The first-order chi connectivity index (χ1) is 14.4. The Morgan fingerprint density at radius 2 is 1.57 bits per heavy atom. The normalized spacial score (nSPS) is 13.6. The van der Waals surface area contributed by atoms with Gasteiger partial charge in [0.05, 0.1) is 12.2 Å². The molecular formula is C23H25N3O4. The van der Waals surface area contributed by atoms with Crippen LogP contribution >= 0.6 is 0 Å². The number of carbonyl (C=O) groups excluding carboxylic acids is 3. The third kappa shape index (κ3) is 4.51. The number of hydrogen-bond acceptors (Lipinski definition) is 5. The zero-order valence-corrected chi connectivity index (χ0v) is 17.3. The molecule has 0 fully saturated rings. The van der Waals surface area contributed by atoms with E-state index in [2.05, 4.69) is 10.6 Å². The van der Waals surface area contributed by atoms with Crippen molar-refractivity contribution in [3.05, 3.63) is 59.8 Å². The molecule has 2 aromatic rings. The molecule has 0 bridgehead atoms. The second-order valence-electron chi connectivity index (χ2n) is 6.85. The fraction of sp³-hybridized carbons (Fsp3) is 0.261. The molecule has 3 rings (SSSR count). The summed E-state index contributed by atoms with van der Waals surface area (Å²) >= 11 is 0. The first-order valence-corrected chi connectivity index (χ1v) is 9.93. The molecule has 0 saturated carbocycles. The van der Waals surface area contributed by atoms with Crippen LogP contribution in [0.1, 0.15) is 32.8 Å². The molecule has 0 spiro atoms. The van der Waals surface area contributed by atoms with Gasteiger partial charge in [-0.05, 0) is 55.3 Å². The molecule has 2 aromatic carbocycles. The molecule has 0 saturated heterocycles. The van der Waals surface area contributed by atoms with Crippen LogP contribution in [0.15, 0.2) is 54.2 Å².